The lowest BCUT2D eigenvalue weighted by Crippen LogP contribution is -2.15. The zero-order valence-corrected chi connectivity index (χ0v) is 12.1. The normalized spacial score (nSPS) is 16.4. The Labute approximate surface area is 127 Å². The first-order valence-electron chi connectivity index (χ1n) is 7.44. The first-order chi connectivity index (χ1) is 10.8. The number of ether oxygens (including phenoxy) is 1. The third-order valence-electron chi connectivity index (χ3n) is 4.00. The molecule has 0 unspecified atom stereocenters. The van der Waals surface area contributed by atoms with Crippen LogP contribution in [0.25, 0.3) is 17.0 Å². The van der Waals surface area contributed by atoms with Crippen LogP contribution in [0.4, 0.5) is 0 Å². The maximum Gasteiger partial charge on any atom is 0.230 e. The van der Waals surface area contributed by atoms with Crippen molar-refractivity contribution in [1.29, 1.82) is 0 Å². The van der Waals surface area contributed by atoms with Gasteiger partial charge in [0, 0.05) is 19.1 Å². The largest absolute Gasteiger partial charge is 0.388 e. The van der Waals surface area contributed by atoms with Gasteiger partial charge < -0.3 is 14.8 Å². The van der Waals surface area contributed by atoms with Crippen molar-refractivity contribution < 1.29 is 9.84 Å². The van der Waals surface area contributed by atoms with Crippen LogP contribution in [0.15, 0.2) is 24.3 Å². The van der Waals surface area contributed by atoms with Crippen molar-refractivity contribution in [3.05, 3.63) is 35.9 Å². The van der Waals surface area contributed by atoms with Gasteiger partial charge in [-0.25, -0.2) is 9.97 Å². The minimum absolute atomic E-state index is 0.173. The molecule has 1 aliphatic heterocycles. The van der Waals surface area contributed by atoms with Crippen molar-refractivity contribution in [2.24, 2.45) is 0 Å². The Morgan fingerprint density at radius 3 is 2.82 bits per heavy atom. The molecule has 1 saturated heterocycles. The van der Waals surface area contributed by atoms with E-state index in [1.165, 1.54) is 0 Å². The number of H-pyrrole nitrogens is 1. The lowest BCUT2D eigenvalue weighted by atomic mass is 10.00. The number of aromatic nitrogens is 5. The van der Waals surface area contributed by atoms with Gasteiger partial charge in [-0.2, -0.15) is 4.68 Å². The second-order valence-electron chi connectivity index (χ2n) is 5.42. The van der Waals surface area contributed by atoms with Crippen LogP contribution in [-0.4, -0.2) is 43.1 Å². The van der Waals surface area contributed by atoms with Crippen LogP contribution >= 0.6 is 0 Å². The second-order valence-corrected chi connectivity index (χ2v) is 5.42. The number of aliphatic hydroxyl groups excluding tert-OH is 1. The molecule has 4 rings (SSSR count). The maximum atomic E-state index is 9.58. The second kappa shape index (κ2) is 5.51. The highest BCUT2D eigenvalue weighted by Gasteiger charge is 2.23. The number of imidazole rings is 1. The SMILES string of the molecule is OCc1nc(C2CCOCC2)nn1-c1nc2ccccc2[nH]1. The Balaban J connectivity index is 1.75. The highest BCUT2D eigenvalue weighted by atomic mass is 16.5. The molecule has 22 heavy (non-hydrogen) atoms. The number of benzene rings is 1. The van der Waals surface area contributed by atoms with Gasteiger partial charge in [-0.1, -0.05) is 12.1 Å². The lowest BCUT2D eigenvalue weighted by Gasteiger charge is -2.18. The van der Waals surface area contributed by atoms with Crippen LogP contribution in [0, 0.1) is 0 Å². The summed E-state index contributed by atoms with van der Waals surface area (Å²) in [6, 6.07) is 7.78. The number of aromatic amines is 1. The smallest absolute Gasteiger partial charge is 0.230 e. The van der Waals surface area contributed by atoms with Crippen molar-refractivity contribution in [3.63, 3.8) is 0 Å². The predicted molar refractivity (Wildman–Crippen MR) is 79.7 cm³/mol. The molecule has 0 aliphatic carbocycles. The van der Waals surface area contributed by atoms with Gasteiger partial charge in [0.2, 0.25) is 5.95 Å². The molecule has 1 fully saturated rings. The summed E-state index contributed by atoms with van der Waals surface area (Å²) >= 11 is 0. The van der Waals surface area contributed by atoms with Crippen LogP contribution in [0.3, 0.4) is 0 Å². The molecule has 0 amide bonds. The minimum atomic E-state index is -0.173. The van der Waals surface area contributed by atoms with Gasteiger partial charge in [0.25, 0.3) is 0 Å². The van der Waals surface area contributed by atoms with Gasteiger partial charge in [-0.3, -0.25) is 0 Å². The summed E-state index contributed by atoms with van der Waals surface area (Å²) in [5.41, 5.74) is 1.80. The van der Waals surface area contributed by atoms with E-state index in [-0.39, 0.29) is 12.5 Å². The van der Waals surface area contributed by atoms with Crippen molar-refractivity contribution in [2.45, 2.75) is 25.4 Å². The first kappa shape index (κ1) is 13.4. The van der Waals surface area contributed by atoms with E-state index in [4.69, 9.17) is 4.74 Å². The Hall–Kier alpha value is -2.25. The van der Waals surface area contributed by atoms with Crippen LogP contribution in [0.1, 0.15) is 30.4 Å². The molecule has 0 saturated carbocycles. The van der Waals surface area contributed by atoms with E-state index in [2.05, 4.69) is 20.1 Å². The van der Waals surface area contributed by atoms with E-state index in [1.54, 1.807) is 4.68 Å². The van der Waals surface area contributed by atoms with E-state index in [0.717, 1.165) is 42.9 Å². The molecule has 1 aliphatic rings. The Kier molecular flexibility index (Phi) is 3.36. The molecule has 0 atom stereocenters. The molecule has 2 N–H and O–H groups in total. The Bertz CT molecular complexity index is 755. The molecule has 3 aromatic rings. The molecule has 3 heterocycles. The summed E-state index contributed by atoms with van der Waals surface area (Å²) in [6.45, 7) is 1.30. The third-order valence-corrected chi connectivity index (χ3v) is 4.00. The molecule has 1 aromatic carbocycles. The number of rotatable bonds is 3. The molecule has 7 nitrogen and oxygen atoms in total. The topological polar surface area (TPSA) is 88.8 Å². The molecule has 0 bridgehead atoms. The summed E-state index contributed by atoms with van der Waals surface area (Å²) in [5, 5.41) is 14.1. The highest BCUT2D eigenvalue weighted by molar-refractivity contribution is 5.75. The quantitative estimate of drug-likeness (QED) is 0.765. The monoisotopic (exact) mass is 299 g/mol. The lowest BCUT2D eigenvalue weighted by molar-refractivity contribution is 0.0836. The van der Waals surface area contributed by atoms with Gasteiger partial charge in [-0.05, 0) is 25.0 Å². The van der Waals surface area contributed by atoms with E-state index in [0.29, 0.717) is 11.8 Å². The number of nitrogens with zero attached hydrogens (tertiary/aromatic N) is 4. The summed E-state index contributed by atoms with van der Waals surface area (Å²) < 4.78 is 6.98. The molecule has 0 spiro atoms. The summed E-state index contributed by atoms with van der Waals surface area (Å²) in [7, 11) is 0. The molecular formula is C15H17N5O2. The van der Waals surface area contributed by atoms with E-state index >= 15 is 0 Å². The molecule has 2 aromatic heterocycles. The number of aliphatic hydroxyl groups is 1. The number of para-hydroxylation sites is 2. The zero-order valence-electron chi connectivity index (χ0n) is 12.1. The van der Waals surface area contributed by atoms with Gasteiger partial charge in [-0.15, -0.1) is 5.10 Å². The number of hydrogen-bond acceptors (Lipinski definition) is 5. The summed E-state index contributed by atoms with van der Waals surface area (Å²) in [6.07, 6.45) is 1.82. The van der Waals surface area contributed by atoms with Gasteiger partial charge in [0.05, 0.1) is 11.0 Å². The van der Waals surface area contributed by atoms with Crippen LogP contribution in [-0.2, 0) is 11.3 Å². The highest BCUT2D eigenvalue weighted by Crippen LogP contribution is 2.25. The zero-order chi connectivity index (χ0) is 14.9. The average molecular weight is 299 g/mol. The van der Waals surface area contributed by atoms with Crippen LogP contribution in [0.2, 0.25) is 0 Å². The van der Waals surface area contributed by atoms with E-state index in [1.807, 2.05) is 24.3 Å². The van der Waals surface area contributed by atoms with Crippen molar-refractivity contribution in [3.8, 4) is 5.95 Å². The number of hydrogen-bond donors (Lipinski definition) is 2. The fourth-order valence-corrected chi connectivity index (χ4v) is 2.80. The van der Waals surface area contributed by atoms with Gasteiger partial charge in [0.1, 0.15) is 6.61 Å². The van der Waals surface area contributed by atoms with Crippen molar-refractivity contribution in [1.82, 2.24) is 24.7 Å². The fourth-order valence-electron chi connectivity index (χ4n) is 2.80. The van der Waals surface area contributed by atoms with Gasteiger partial charge in [0.15, 0.2) is 11.6 Å². The molecular weight excluding hydrogens is 282 g/mol. The minimum Gasteiger partial charge on any atom is -0.388 e. The van der Waals surface area contributed by atoms with E-state index in [9.17, 15) is 5.11 Å². The van der Waals surface area contributed by atoms with Crippen LogP contribution < -0.4 is 0 Å². The van der Waals surface area contributed by atoms with Gasteiger partial charge >= 0.3 is 0 Å². The molecule has 0 radical (unpaired) electrons. The predicted octanol–water partition coefficient (Wildman–Crippen LogP) is 1.53. The summed E-state index contributed by atoms with van der Waals surface area (Å²) in [4.78, 5) is 12.2. The average Bonchev–Trinajstić information content (AvgIpc) is 3.19. The first-order valence-corrected chi connectivity index (χ1v) is 7.44. The Morgan fingerprint density at radius 1 is 1.23 bits per heavy atom. The molecule has 114 valence electrons. The van der Waals surface area contributed by atoms with Crippen molar-refractivity contribution in [2.75, 3.05) is 13.2 Å². The fraction of sp³-hybridized carbons (Fsp3) is 0.400. The van der Waals surface area contributed by atoms with Crippen molar-refractivity contribution >= 4 is 11.0 Å². The number of fused-ring (bicyclic) bond motifs is 1. The standard InChI is InChI=1S/C15H17N5O2/c21-9-13-18-14(10-5-7-22-8-6-10)19-20(13)15-16-11-3-1-2-4-12(11)17-15/h1-4,10,21H,5-9H2,(H,16,17). The summed E-state index contributed by atoms with van der Waals surface area (Å²) in [5.74, 6) is 2.12. The molecule has 7 heteroatoms. The Morgan fingerprint density at radius 2 is 2.05 bits per heavy atom. The van der Waals surface area contributed by atoms with Crippen LogP contribution in [0.5, 0.6) is 0 Å². The number of nitrogens with one attached hydrogen (secondary N) is 1. The maximum absolute atomic E-state index is 9.58. The van der Waals surface area contributed by atoms with E-state index < -0.39 is 0 Å². The third kappa shape index (κ3) is 2.28.